The molecule has 1 heterocycles. The van der Waals surface area contributed by atoms with Crippen molar-refractivity contribution >= 4 is 11.5 Å². The lowest BCUT2D eigenvalue weighted by molar-refractivity contribution is 0.279. The highest BCUT2D eigenvalue weighted by molar-refractivity contribution is 7.05. The molecule has 92 valence electrons. The van der Waals surface area contributed by atoms with E-state index >= 15 is 0 Å². The molecule has 0 aromatic carbocycles. The Hall–Kier alpha value is -0.480. The van der Waals surface area contributed by atoms with E-state index < -0.39 is 0 Å². The third-order valence-electron chi connectivity index (χ3n) is 2.76. The average molecular weight is 241 g/mol. The maximum absolute atomic E-state index is 4.57. The fourth-order valence-electron chi connectivity index (χ4n) is 1.71. The molecule has 16 heavy (non-hydrogen) atoms. The summed E-state index contributed by atoms with van der Waals surface area (Å²) in [7, 11) is 2.02. The predicted octanol–water partition coefficient (Wildman–Crippen LogP) is 2.67. The van der Waals surface area contributed by atoms with Gasteiger partial charge in [0.25, 0.3) is 0 Å². The van der Waals surface area contributed by atoms with Crippen LogP contribution in [0.25, 0.3) is 0 Å². The predicted molar refractivity (Wildman–Crippen MR) is 69.9 cm³/mol. The maximum Gasteiger partial charge on any atom is 0.142 e. The van der Waals surface area contributed by atoms with Gasteiger partial charge in [0.2, 0.25) is 0 Å². The van der Waals surface area contributed by atoms with Crippen LogP contribution in [-0.4, -0.2) is 22.4 Å². The Balaban J connectivity index is 2.63. The summed E-state index contributed by atoms with van der Waals surface area (Å²) in [5.74, 6) is 1.01. The third kappa shape index (κ3) is 3.83. The Kier molecular flexibility index (Phi) is 4.87. The highest BCUT2D eigenvalue weighted by atomic mass is 32.1. The van der Waals surface area contributed by atoms with E-state index in [0.717, 1.165) is 30.1 Å². The van der Waals surface area contributed by atoms with Crippen LogP contribution >= 0.6 is 11.5 Å². The molecule has 1 rings (SSSR count). The summed E-state index contributed by atoms with van der Waals surface area (Å²) in [5.41, 5.74) is 0.255. The standard InChI is InChI=1S/C12H23N3S/c1-6-7-10-14-11(16-15-10)8-9(13-5)12(2,3)4/h9,13H,6-8H2,1-5H3. The van der Waals surface area contributed by atoms with Gasteiger partial charge in [0.05, 0.1) is 0 Å². The van der Waals surface area contributed by atoms with Gasteiger partial charge in [-0.3, -0.25) is 0 Å². The van der Waals surface area contributed by atoms with Crippen molar-refractivity contribution in [2.75, 3.05) is 7.05 Å². The summed E-state index contributed by atoms with van der Waals surface area (Å²) in [4.78, 5) is 4.57. The van der Waals surface area contributed by atoms with E-state index in [-0.39, 0.29) is 5.41 Å². The van der Waals surface area contributed by atoms with Gasteiger partial charge in [0, 0.05) is 18.9 Å². The lowest BCUT2D eigenvalue weighted by Crippen LogP contribution is -2.39. The van der Waals surface area contributed by atoms with Crippen molar-refractivity contribution in [3.8, 4) is 0 Å². The van der Waals surface area contributed by atoms with E-state index in [2.05, 4.69) is 42.4 Å². The van der Waals surface area contributed by atoms with Crippen molar-refractivity contribution in [3.63, 3.8) is 0 Å². The lowest BCUT2D eigenvalue weighted by atomic mass is 9.85. The minimum atomic E-state index is 0.255. The maximum atomic E-state index is 4.57. The molecule has 1 aromatic rings. The van der Waals surface area contributed by atoms with E-state index in [1.807, 2.05) is 7.05 Å². The first-order chi connectivity index (χ1) is 7.47. The van der Waals surface area contributed by atoms with Gasteiger partial charge in [-0.15, -0.1) is 0 Å². The molecule has 0 aliphatic heterocycles. The van der Waals surface area contributed by atoms with Crippen molar-refractivity contribution in [1.29, 1.82) is 0 Å². The molecule has 1 N–H and O–H groups in total. The quantitative estimate of drug-likeness (QED) is 0.861. The molecule has 0 fully saturated rings. The molecule has 0 saturated heterocycles. The molecule has 0 bridgehead atoms. The van der Waals surface area contributed by atoms with Crippen molar-refractivity contribution in [2.45, 2.75) is 53.0 Å². The number of hydrogen-bond acceptors (Lipinski definition) is 4. The van der Waals surface area contributed by atoms with Gasteiger partial charge in [-0.1, -0.05) is 27.7 Å². The summed E-state index contributed by atoms with van der Waals surface area (Å²) in [5, 5.41) is 4.52. The lowest BCUT2D eigenvalue weighted by Gasteiger charge is -2.29. The van der Waals surface area contributed by atoms with Gasteiger partial charge in [-0.05, 0) is 30.4 Å². The zero-order valence-corrected chi connectivity index (χ0v) is 11.8. The van der Waals surface area contributed by atoms with Crippen LogP contribution in [0.1, 0.15) is 44.9 Å². The van der Waals surface area contributed by atoms with Gasteiger partial charge in [-0.25, -0.2) is 4.98 Å². The van der Waals surface area contributed by atoms with Crippen LogP contribution in [0, 0.1) is 5.41 Å². The summed E-state index contributed by atoms with van der Waals surface area (Å²) in [6.07, 6.45) is 3.09. The number of hydrogen-bond donors (Lipinski definition) is 1. The largest absolute Gasteiger partial charge is 0.316 e. The molecule has 4 heteroatoms. The van der Waals surface area contributed by atoms with Crippen LogP contribution < -0.4 is 5.32 Å². The van der Waals surface area contributed by atoms with Crippen LogP contribution in [0.3, 0.4) is 0 Å². The highest BCUT2D eigenvalue weighted by Crippen LogP contribution is 2.23. The van der Waals surface area contributed by atoms with E-state index in [9.17, 15) is 0 Å². The first-order valence-electron chi connectivity index (χ1n) is 5.96. The van der Waals surface area contributed by atoms with Gasteiger partial charge in [-0.2, -0.15) is 4.37 Å². The van der Waals surface area contributed by atoms with Gasteiger partial charge in [0.1, 0.15) is 10.8 Å². The SMILES string of the molecule is CCCc1nsc(CC(NC)C(C)(C)C)n1. The second-order valence-electron chi connectivity index (χ2n) is 5.27. The number of nitrogens with zero attached hydrogens (tertiary/aromatic N) is 2. The first-order valence-corrected chi connectivity index (χ1v) is 6.73. The Bertz CT molecular complexity index is 314. The average Bonchev–Trinajstić information content (AvgIpc) is 2.61. The van der Waals surface area contributed by atoms with E-state index in [4.69, 9.17) is 0 Å². The first kappa shape index (κ1) is 13.6. The number of aryl methyl sites for hydroxylation is 1. The minimum absolute atomic E-state index is 0.255. The van der Waals surface area contributed by atoms with Crippen LogP contribution in [0.5, 0.6) is 0 Å². The molecule has 1 aromatic heterocycles. The minimum Gasteiger partial charge on any atom is -0.316 e. The number of nitrogens with one attached hydrogen (secondary N) is 1. The monoisotopic (exact) mass is 241 g/mol. The van der Waals surface area contributed by atoms with Crippen LogP contribution in [0.4, 0.5) is 0 Å². The second kappa shape index (κ2) is 5.73. The smallest absolute Gasteiger partial charge is 0.142 e. The van der Waals surface area contributed by atoms with Crippen molar-refractivity contribution < 1.29 is 0 Å². The van der Waals surface area contributed by atoms with Gasteiger partial charge in [0.15, 0.2) is 0 Å². The molecule has 0 radical (unpaired) electrons. The molecular weight excluding hydrogens is 218 g/mol. The Morgan fingerprint density at radius 3 is 2.56 bits per heavy atom. The third-order valence-corrected chi connectivity index (χ3v) is 3.53. The summed E-state index contributed by atoms with van der Waals surface area (Å²) in [6.45, 7) is 8.92. The van der Waals surface area contributed by atoms with Crippen molar-refractivity contribution in [2.24, 2.45) is 5.41 Å². The van der Waals surface area contributed by atoms with Crippen LogP contribution in [0.15, 0.2) is 0 Å². The molecule has 1 atom stereocenters. The molecule has 0 aliphatic carbocycles. The zero-order valence-electron chi connectivity index (χ0n) is 11.0. The van der Waals surface area contributed by atoms with Crippen LogP contribution in [0.2, 0.25) is 0 Å². The number of rotatable bonds is 5. The Morgan fingerprint density at radius 2 is 2.06 bits per heavy atom. The Labute approximate surface area is 103 Å². The molecule has 0 aliphatic rings. The second-order valence-corrected chi connectivity index (χ2v) is 6.10. The Morgan fingerprint density at radius 1 is 1.38 bits per heavy atom. The highest BCUT2D eigenvalue weighted by Gasteiger charge is 2.24. The summed E-state index contributed by atoms with van der Waals surface area (Å²) in [6, 6.07) is 0.454. The van der Waals surface area contributed by atoms with Crippen LogP contribution in [-0.2, 0) is 12.8 Å². The molecule has 3 nitrogen and oxygen atoms in total. The van der Waals surface area contributed by atoms with Gasteiger partial charge >= 0.3 is 0 Å². The van der Waals surface area contributed by atoms with Crippen molar-refractivity contribution in [1.82, 2.24) is 14.7 Å². The molecule has 0 amide bonds. The molecule has 1 unspecified atom stereocenters. The van der Waals surface area contributed by atoms with E-state index in [1.165, 1.54) is 0 Å². The fourth-order valence-corrected chi connectivity index (χ4v) is 2.44. The van der Waals surface area contributed by atoms with E-state index in [0.29, 0.717) is 6.04 Å². The topological polar surface area (TPSA) is 37.8 Å². The number of likely N-dealkylation sites (N-methyl/N-ethyl adjacent to an activating group) is 1. The zero-order chi connectivity index (χ0) is 12.2. The van der Waals surface area contributed by atoms with Crippen molar-refractivity contribution in [3.05, 3.63) is 10.8 Å². The number of aromatic nitrogens is 2. The molecule has 0 saturated carbocycles. The van der Waals surface area contributed by atoms with Gasteiger partial charge < -0.3 is 5.32 Å². The molecular formula is C12H23N3S. The summed E-state index contributed by atoms with van der Waals surface area (Å²) < 4.78 is 4.38. The fraction of sp³-hybridized carbons (Fsp3) is 0.833. The van der Waals surface area contributed by atoms with E-state index in [1.54, 1.807) is 11.5 Å². The molecule has 0 spiro atoms. The summed E-state index contributed by atoms with van der Waals surface area (Å²) >= 11 is 1.55. The normalized spacial score (nSPS) is 14.1.